The van der Waals surface area contributed by atoms with E-state index in [1.165, 1.54) is 0 Å². The fourth-order valence-electron chi connectivity index (χ4n) is 2.22. The fraction of sp³-hybridized carbons (Fsp3) is 0.750. The zero-order valence-electron chi connectivity index (χ0n) is 11.2. The third kappa shape index (κ3) is 3.00. The summed E-state index contributed by atoms with van der Waals surface area (Å²) in [4.78, 5) is 4.40. The van der Waals surface area contributed by atoms with Gasteiger partial charge in [0.15, 0.2) is 5.96 Å². The molecule has 1 aliphatic rings. The van der Waals surface area contributed by atoms with Gasteiger partial charge in [0.2, 0.25) is 0 Å². The van der Waals surface area contributed by atoms with Crippen LogP contribution in [0, 0.1) is 12.8 Å². The first kappa shape index (κ1) is 12.9. The maximum Gasteiger partial charge on any atom is 0.188 e. The minimum atomic E-state index is 0.536. The molecule has 0 bridgehead atoms. The maximum atomic E-state index is 5.79. The molecule has 0 fully saturated rings. The van der Waals surface area contributed by atoms with Crippen LogP contribution >= 0.6 is 0 Å². The third-order valence-corrected chi connectivity index (χ3v) is 3.31. The topological polar surface area (TPSA) is 81.1 Å². The van der Waals surface area contributed by atoms with Crippen molar-refractivity contribution < 1.29 is 0 Å². The van der Waals surface area contributed by atoms with Crippen molar-refractivity contribution in [3.05, 3.63) is 11.6 Å². The van der Waals surface area contributed by atoms with E-state index in [1.54, 1.807) is 0 Å². The molecule has 2 rings (SSSR count). The predicted octanol–water partition coefficient (Wildman–Crippen LogP) is 0.463. The van der Waals surface area contributed by atoms with E-state index in [-0.39, 0.29) is 0 Å². The van der Waals surface area contributed by atoms with Gasteiger partial charge in [-0.3, -0.25) is 4.99 Å². The second-order valence-electron chi connectivity index (χ2n) is 4.83. The minimum Gasteiger partial charge on any atom is -0.370 e. The van der Waals surface area contributed by atoms with Crippen molar-refractivity contribution in [2.45, 2.75) is 39.7 Å². The number of fused-ring (bicyclic) bond motifs is 1. The molecule has 1 aromatic rings. The second-order valence-corrected chi connectivity index (χ2v) is 4.83. The average Bonchev–Trinajstić information content (AvgIpc) is 2.75. The summed E-state index contributed by atoms with van der Waals surface area (Å²) in [5.41, 5.74) is 5.79. The summed E-state index contributed by atoms with van der Waals surface area (Å²) >= 11 is 0. The predicted molar refractivity (Wildman–Crippen MR) is 71.4 cm³/mol. The Labute approximate surface area is 108 Å². The van der Waals surface area contributed by atoms with Gasteiger partial charge in [0.25, 0.3) is 0 Å². The number of hydrogen-bond acceptors (Lipinski definition) is 3. The molecule has 0 amide bonds. The van der Waals surface area contributed by atoms with Crippen molar-refractivity contribution in [1.82, 2.24) is 20.1 Å². The zero-order valence-corrected chi connectivity index (χ0v) is 11.2. The van der Waals surface area contributed by atoms with Crippen molar-refractivity contribution in [2.24, 2.45) is 16.6 Å². The molecule has 0 aliphatic carbocycles. The first-order chi connectivity index (χ1) is 8.70. The number of nitrogens with one attached hydrogen (secondary N) is 1. The van der Waals surface area contributed by atoms with Crippen molar-refractivity contribution in [1.29, 1.82) is 0 Å². The molecule has 1 aliphatic heterocycles. The summed E-state index contributed by atoms with van der Waals surface area (Å²) in [6, 6.07) is 0. The lowest BCUT2D eigenvalue weighted by Crippen LogP contribution is -2.33. The van der Waals surface area contributed by atoms with Crippen LogP contribution in [-0.2, 0) is 13.0 Å². The Morgan fingerprint density at radius 2 is 2.39 bits per heavy atom. The van der Waals surface area contributed by atoms with Crippen LogP contribution in [0.4, 0.5) is 0 Å². The average molecular weight is 250 g/mol. The highest BCUT2D eigenvalue weighted by Crippen LogP contribution is 2.19. The van der Waals surface area contributed by atoms with E-state index in [1.807, 2.05) is 6.92 Å². The molecule has 1 unspecified atom stereocenters. The van der Waals surface area contributed by atoms with Crippen LogP contribution in [-0.4, -0.2) is 33.8 Å². The lowest BCUT2D eigenvalue weighted by molar-refractivity contribution is 0.370. The van der Waals surface area contributed by atoms with E-state index in [4.69, 9.17) is 5.73 Å². The Morgan fingerprint density at radius 1 is 1.56 bits per heavy atom. The van der Waals surface area contributed by atoms with Gasteiger partial charge in [-0.25, -0.2) is 0 Å². The summed E-state index contributed by atoms with van der Waals surface area (Å²) in [7, 11) is 0. The number of hydrogen-bond donors (Lipinski definition) is 2. The Bertz CT molecular complexity index is 422. The van der Waals surface area contributed by atoms with Crippen LogP contribution in [0.3, 0.4) is 0 Å². The fourth-order valence-corrected chi connectivity index (χ4v) is 2.22. The number of guanidine groups is 1. The molecule has 2 heterocycles. The monoisotopic (exact) mass is 250 g/mol. The molecule has 6 nitrogen and oxygen atoms in total. The van der Waals surface area contributed by atoms with Gasteiger partial charge in [-0.2, -0.15) is 0 Å². The lowest BCUT2D eigenvalue weighted by atomic mass is 9.99. The molecule has 1 aromatic heterocycles. The number of nitrogens with two attached hydrogens (primary N) is 1. The van der Waals surface area contributed by atoms with E-state index in [0.29, 0.717) is 11.9 Å². The van der Waals surface area contributed by atoms with E-state index in [0.717, 1.165) is 50.5 Å². The summed E-state index contributed by atoms with van der Waals surface area (Å²) in [6.45, 7) is 6.73. The summed E-state index contributed by atoms with van der Waals surface area (Å²) < 4.78 is 2.19. The molecule has 0 saturated carbocycles. The molecule has 0 radical (unpaired) electrons. The number of aliphatic imine (C=N–C) groups is 1. The molecule has 0 saturated heterocycles. The van der Waals surface area contributed by atoms with Gasteiger partial charge in [-0.15, -0.1) is 10.2 Å². The zero-order chi connectivity index (χ0) is 13.0. The van der Waals surface area contributed by atoms with Crippen molar-refractivity contribution in [3.63, 3.8) is 0 Å². The first-order valence-electron chi connectivity index (χ1n) is 6.63. The normalized spacial score (nSPS) is 19.7. The number of aryl methyl sites for hydroxylation is 2. The smallest absolute Gasteiger partial charge is 0.188 e. The van der Waals surface area contributed by atoms with Gasteiger partial charge in [-0.1, -0.05) is 6.92 Å². The highest BCUT2D eigenvalue weighted by atomic mass is 15.3. The Hall–Kier alpha value is -1.59. The molecular weight excluding hydrogens is 228 g/mol. The molecule has 0 spiro atoms. The van der Waals surface area contributed by atoms with E-state index >= 15 is 0 Å². The Balaban J connectivity index is 1.88. The van der Waals surface area contributed by atoms with Gasteiger partial charge < -0.3 is 15.6 Å². The minimum absolute atomic E-state index is 0.536. The van der Waals surface area contributed by atoms with Crippen molar-refractivity contribution in [2.75, 3.05) is 13.1 Å². The van der Waals surface area contributed by atoms with Crippen LogP contribution in [0.5, 0.6) is 0 Å². The Morgan fingerprint density at radius 3 is 3.17 bits per heavy atom. The number of rotatable bonds is 4. The highest BCUT2D eigenvalue weighted by Gasteiger charge is 2.21. The molecule has 100 valence electrons. The standard InChI is InChI=1S/C12H22N6/c1-3-6-14-12(13)15-7-10-4-5-11-17-16-9(2)18(11)8-10/h10H,3-8H2,1-2H3,(H3,13,14,15). The van der Waals surface area contributed by atoms with Gasteiger partial charge >= 0.3 is 0 Å². The van der Waals surface area contributed by atoms with Crippen molar-refractivity contribution in [3.8, 4) is 0 Å². The molecular formula is C12H22N6. The summed E-state index contributed by atoms with van der Waals surface area (Å²) in [5, 5.41) is 11.4. The van der Waals surface area contributed by atoms with E-state index < -0.39 is 0 Å². The molecule has 1 atom stereocenters. The van der Waals surface area contributed by atoms with Crippen LogP contribution in [0.1, 0.15) is 31.4 Å². The molecule has 6 heteroatoms. The lowest BCUT2D eigenvalue weighted by Gasteiger charge is -2.22. The largest absolute Gasteiger partial charge is 0.370 e. The van der Waals surface area contributed by atoms with Gasteiger partial charge in [0.05, 0.1) is 0 Å². The highest BCUT2D eigenvalue weighted by molar-refractivity contribution is 5.77. The maximum absolute atomic E-state index is 5.79. The van der Waals surface area contributed by atoms with Crippen LogP contribution in [0.2, 0.25) is 0 Å². The molecule has 18 heavy (non-hydrogen) atoms. The molecule has 0 aromatic carbocycles. The SMILES string of the molecule is CCCNC(N)=NCC1CCc2nnc(C)n2C1. The van der Waals surface area contributed by atoms with Crippen molar-refractivity contribution >= 4 is 5.96 Å². The van der Waals surface area contributed by atoms with E-state index in [9.17, 15) is 0 Å². The van der Waals surface area contributed by atoms with Crippen LogP contribution < -0.4 is 11.1 Å². The van der Waals surface area contributed by atoms with Gasteiger partial charge in [0.1, 0.15) is 11.6 Å². The van der Waals surface area contributed by atoms with Gasteiger partial charge in [0, 0.05) is 26.1 Å². The number of aromatic nitrogens is 3. The summed E-state index contributed by atoms with van der Waals surface area (Å²) in [6.07, 6.45) is 3.16. The van der Waals surface area contributed by atoms with Gasteiger partial charge in [-0.05, 0) is 25.7 Å². The first-order valence-corrected chi connectivity index (χ1v) is 6.63. The quantitative estimate of drug-likeness (QED) is 0.601. The third-order valence-electron chi connectivity index (χ3n) is 3.31. The molecule has 3 N–H and O–H groups in total. The van der Waals surface area contributed by atoms with Crippen LogP contribution in [0.15, 0.2) is 4.99 Å². The Kier molecular flexibility index (Phi) is 4.17. The summed E-state index contributed by atoms with van der Waals surface area (Å²) in [5.74, 6) is 3.19. The van der Waals surface area contributed by atoms with E-state index in [2.05, 4.69) is 32.0 Å². The second kappa shape index (κ2) is 5.84. The van der Waals surface area contributed by atoms with Crippen LogP contribution in [0.25, 0.3) is 0 Å². The number of nitrogens with zero attached hydrogens (tertiary/aromatic N) is 4.